The second-order valence-corrected chi connectivity index (χ2v) is 18.3. The summed E-state index contributed by atoms with van der Waals surface area (Å²) in [6.45, 7) is 2.24. The molecule has 308 valence electrons. The van der Waals surface area contributed by atoms with Crippen molar-refractivity contribution in [2.75, 3.05) is 7.11 Å². The van der Waals surface area contributed by atoms with Gasteiger partial charge in [-0.3, -0.25) is 0 Å². The molecule has 0 spiro atoms. The van der Waals surface area contributed by atoms with E-state index in [1.807, 2.05) is 6.07 Å². The molecule has 10 rings (SSSR count). The Hall–Kier alpha value is -5.73. The molecule has 6 aromatic carbocycles. The fourth-order valence-electron chi connectivity index (χ4n) is 11.8. The number of carbonyl (C=O) groups excluding carboxylic acids is 1. The summed E-state index contributed by atoms with van der Waals surface area (Å²) in [5.41, 5.74) is 17.0. The molecule has 0 N–H and O–H groups in total. The van der Waals surface area contributed by atoms with E-state index in [1.54, 1.807) is 16.7 Å². The first kappa shape index (κ1) is 40.7. The number of allylic oxidation sites excluding steroid dienone is 4. The lowest BCUT2D eigenvalue weighted by Crippen LogP contribution is -2.39. The van der Waals surface area contributed by atoms with Gasteiger partial charge in [0.05, 0.1) is 12.7 Å². The smallest absolute Gasteiger partial charge is 0.337 e. The van der Waals surface area contributed by atoms with Crippen molar-refractivity contribution in [2.45, 2.75) is 94.8 Å². The van der Waals surface area contributed by atoms with Gasteiger partial charge in [-0.2, -0.15) is 0 Å². The SMILES string of the molecule is COC(=O)c1ccc2c(c1)CCC[C@H]1CC(c3ccccc3)=CC[C@@]21Cc1ccccc1.Cc1ccc2c(c1)CCC[C@H]1CC(c3ccccc3)=CC[C@@]21Cc1ccccc1. The van der Waals surface area contributed by atoms with E-state index in [2.05, 4.69) is 171 Å². The van der Waals surface area contributed by atoms with E-state index < -0.39 is 0 Å². The number of aryl methyl sites for hydroxylation is 3. The molecule has 4 atom stereocenters. The Bertz CT molecular complexity index is 2500. The van der Waals surface area contributed by atoms with E-state index in [9.17, 15) is 4.79 Å². The summed E-state index contributed by atoms with van der Waals surface area (Å²) in [7, 11) is 1.46. The molecule has 0 aromatic heterocycles. The van der Waals surface area contributed by atoms with E-state index in [0.717, 1.165) is 44.9 Å². The highest BCUT2D eigenvalue weighted by atomic mass is 16.5. The summed E-state index contributed by atoms with van der Waals surface area (Å²) in [6, 6.07) is 57.5. The molecule has 0 saturated carbocycles. The molecule has 0 amide bonds. The third-order valence-electron chi connectivity index (χ3n) is 14.8. The van der Waals surface area contributed by atoms with Crippen LogP contribution in [0.3, 0.4) is 0 Å². The lowest BCUT2D eigenvalue weighted by molar-refractivity contribution is 0.0600. The summed E-state index contributed by atoms with van der Waals surface area (Å²) in [4.78, 5) is 12.2. The van der Waals surface area contributed by atoms with Gasteiger partial charge in [-0.1, -0.05) is 163 Å². The monoisotopic (exact) mass is 800 g/mol. The average molecular weight is 801 g/mol. The molecule has 0 radical (unpaired) electrons. The topological polar surface area (TPSA) is 26.3 Å². The quantitative estimate of drug-likeness (QED) is 0.150. The van der Waals surface area contributed by atoms with Crippen LogP contribution in [0.1, 0.15) is 112 Å². The number of carbonyl (C=O) groups is 1. The predicted octanol–water partition coefficient (Wildman–Crippen LogP) is 14.1. The largest absolute Gasteiger partial charge is 0.465 e. The maximum atomic E-state index is 12.2. The fraction of sp³-hybridized carbons (Fsp3) is 0.305. The van der Waals surface area contributed by atoms with Crippen LogP contribution in [0.5, 0.6) is 0 Å². The van der Waals surface area contributed by atoms with Crippen molar-refractivity contribution < 1.29 is 9.53 Å². The van der Waals surface area contributed by atoms with Crippen molar-refractivity contribution in [1.29, 1.82) is 0 Å². The average Bonchev–Trinajstić information content (AvgIpc) is 3.56. The maximum absolute atomic E-state index is 12.2. The van der Waals surface area contributed by atoms with Gasteiger partial charge in [-0.05, 0) is 164 Å². The summed E-state index contributed by atoms with van der Waals surface area (Å²) in [6.07, 6.45) is 18.9. The molecule has 0 saturated heterocycles. The molecule has 6 aromatic rings. The van der Waals surface area contributed by atoms with Crippen LogP contribution >= 0.6 is 0 Å². The number of fused-ring (bicyclic) bond motifs is 6. The Labute approximate surface area is 364 Å². The van der Waals surface area contributed by atoms with Crippen LogP contribution in [0.4, 0.5) is 0 Å². The van der Waals surface area contributed by atoms with Crippen LogP contribution in [-0.4, -0.2) is 13.1 Å². The number of esters is 1. The first-order valence-electron chi connectivity index (χ1n) is 22.8. The molecule has 2 nitrogen and oxygen atoms in total. The highest BCUT2D eigenvalue weighted by Gasteiger charge is 2.46. The summed E-state index contributed by atoms with van der Waals surface area (Å²) in [5.74, 6) is 1.03. The van der Waals surface area contributed by atoms with E-state index in [0.29, 0.717) is 17.4 Å². The predicted molar refractivity (Wildman–Crippen MR) is 253 cm³/mol. The summed E-state index contributed by atoms with van der Waals surface area (Å²) >= 11 is 0. The Morgan fingerprint density at radius 3 is 1.48 bits per heavy atom. The van der Waals surface area contributed by atoms with Gasteiger partial charge in [0.15, 0.2) is 0 Å². The van der Waals surface area contributed by atoms with Gasteiger partial charge in [0.1, 0.15) is 0 Å². The van der Waals surface area contributed by atoms with Gasteiger partial charge < -0.3 is 4.74 Å². The number of rotatable bonds is 7. The molecule has 0 heterocycles. The third-order valence-corrected chi connectivity index (χ3v) is 14.8. The maximum Gasteiger partial charge on any atom is 0.337 e. The van der Waals surface area contributed by atoms with Crippen LogP contribution in [0.15, 0.2) is 170 Å². The van der Waals surface area contributed by atoms with E-state index >= 15 is 0 Å². The molecule has 4 aliphatic carbocycles. The second kappa shape index (κ2) is 18.1. The lowest BCUT2D eigenvalue weighted by Gasteiger charge is -2.45. The van der Waals surface area contributed by atoms with Crippen molar-refractivity contribution in [3.63, 3.8) is 0 Å². The highest BCUT2D eigenvalue weighted by molar-refractivity contribution is 5.89. The Morgan fingerprint density at radius 2 is 1.00 bits per heavy atom. The molecular formula is C59H60O2. The van der Waals surface area contributed by atoms with Gasteiger partial charge in [-0.15, -0.1) is 0 Å². The van der Waals surface area contributed by atoms with Crippen LogP contribution in [0.25, 0.3) is 11.1 Å². The van der Waals surface area contributed by atoms with Gasteiger partial charge >= 0.3 is 5.97 Å². The van der Waals surface area contributed by atoms with Gasteiger partial charge in [0.25, 0.3) is 0 Å². The van der Waals surface area contributed by atoms with Crippen LogP contribution in [0.2, 0.25) is 0 Å². The standard InChI is InChI=1S/C30H30O2.C29H30/c1-32-29(31)26-15-16-28-25(19-26)13-8-14-27-20-24(23-11-6-3-7-12-23)17-18-30(27,28)21-22-9-4-2-5-10-22;1-22-15-16-28-26(19-22)13-8-14-27-20-25(24-11-6-3-7-12-24)17-18-29(27,28)21-23-9-4-2-5-10-23/h2-7,9-12,15-17,19,27H,8,13-14,18,20-21H2,1H3;2-7,9-12,15-17,19,27H,8,13-14,18,20-21H2,1H3/t27-,30-;27-,29-/m00/s1. The zero-order valence-electron chi connectivity index (χ0n) is 36.1. The number of benzene rings is 6. The highest BCUT2D eigenvalue weighted by Crippen LogP contribution is 2.54. The van der Waals surface area contributed by atoms with Crippen LogP contribution in [-0.2, 0) is 41.3 Å². The molecule has 0 unspecified atom stereocenters. The minimum absolute atomic E-state index is 0.0557. The van der Waals surface area contributed by atoms with Crippen LogP contribution in [0, 0.1) is 18.8 Å². The van der Waals surface area contributed by atoms with Crippen molar-refractivity contribution in [3.05, 3.63) is 226 Å². The van der Waals surface area contributed by atoms with Gasteiger partial charge in [0.2, 0.25) is 0 Å². The second-order valence-electron chi connectivity index (χ2n) is 18.3. The number of ether oxygens (including phenoxy) is 1. The molecule has 61 heavy (non-hydrogen) atoms. The van der Waals surface area contributed by atoms with E-state index in [4.69, 9.17) is 4.74 Å². The first-order chi connectivity index (χ1) is 29.9. The zero-order valence-corrected chi connectivity index (χ0v) is 36.1. The Balaban J connectivity index is 0.000000157. The summed E-state index contributed by atoms with van der Waals surface area (Å²) < 4.78 is 5.00. The van der Waals surface area contributed by atoms with E-state index in [-0.39, 0.29) is 16.8 Å². The first-order valence-corrected chi connectivity index (χ1v) is 22.8. The van der Waals surface area contributed by atoms with E-state index in [1.165, 1.54) is 83.7 Å². The van der Waals surface area contributed by atoms with Crippen molar-refractivity contribution in [3.8, 4) is 0 Å². The normalized spacial score (nSPS) is 22.8. The Morgan fingerprint density at radius 1 is 0.557 bits per heavy atom. The summed E-state index contributed by atoms with van der Waals surface area (Å²) in [5, 5.41) is 0. The number of hydrogen-bond donors (Lipinski definition) is 0. The molecule has 4 aliphatic rings. The van der Waals surface area contributed by atoms with Crippen molar-refractivity contribution in [1.82, 2.24) is 0 Å². The number of hydrogen-bond acceptors (Lipinski definition) is 2. The molecule has 0 bridgehead atoms. The molecular weight excluding hydrogens is 741 g/mol. The van der Waals surface area contributed by atoms with Crippen molar-refractivity contribution >= 4 is 17.1 Å². The number of methoxy groups -OCH3 is 1. The fourth-order valence-corrected chi connectivity index (χ4v) is 11.8. The molecule has 2 heteroatoms. The van der Waals surface area contributed by atoms with Gasteiger partial charge in [-0.25, -0.2) is 4.79 Å². The van der Waals surface area contributed by atoms with Crippen LogP contribution < -0.4 is 0 Å². The Kier molecular flexibility index (Phi) is 12.1. The molecule has 0 aliphatic heterocycles. The zero-order chi connectivity index (χ0) is 41.7. The minimum atomic E-state index is -0.249. The third kappa shape index (κ3) is 8.48. The van der Waals surface area contributed by atoms with Gasteiger partial charge in [0, 0.05) is 10.8 Å². The minimum Gasteiger partial charge on any atom is -0.465 e. The molecule has 0 fully saturated rings. The lowest BCUT2D eigenvalue weighted by atomic mass is 9.59. The van der Waals surface area contributed by atoms with Crippen molar-refractivity contribution in [2.24, 2.45) is 11.8 Å².